The number of carboxylic acids is 1. The molecule has 0 saturated carbocycles. The van der Waals surface area contributed by atoms with E-state index in [1.54, 1.807) is 24.9 Å². The Balaban J connectivity index is 2.92. The van der Waals surface area contributed by atoms with E-state index >= 15 is 0 Å². The van der Waals surface area contributed by atoms with Crippen LogP contribution in [0, 0.1) is 6.92 Å². The van der Waals surface area contributed by atoms with Gasteiger partial charge in [-0.15, -0.1) is 0 Å². The van der Waals surface area contributed by atoms with Crippen molar-refractivity contribution in [2.45, 2.75) is 19.4 Å². The van der Waals surface area contributed by atoms with Crippen molar-refractivity contribution in [2.24, 2.45) is 7.05 Å². The Morgan fingerprint density at radius 1 is 1.80 bits per heavy atom. The maximum Gasteiger partial charge on any atom is 0.305 e. The highest BCUT2D eigenvalue weighted by atomic mass is 16.4. The quantitative estimate of drug-likeness (QED) is 0.671. The molecule has 0 unspecified atom stereocenters. The number of carbonyl (C=O) groups excluding carboxylic acids is 1. The number of carboxylic acid groups (broad SMARTS) is 1. The summed E-state index contributed by atoms with van der Waals surface area (Å²) in [5.41, 5.74) is 1.45. The van der Waals surface area contributed by atoms with E-state index in [-0.39, 0.29) is 6.42 Å². The van der Waals surface area contributed by atoms with Gasteiger partial charge in [0.05, 0.1) is 18.2 Å². The SMILES string of the molecule is Cc1nn(C)cc1[C@H](CC(=O)O)NC=O. The number of rotatable bonds is 5. The summed E-state index contributed by atoms with van der Waals surface area (Å²) in [5.74, 6) is -0.961. The van der Waals surface area contributed by atoms with Gasteiger partial charge in [0.1, 0.15) is 0 Å². The molecule has 0 spiro atoms. The Bertz CT molecular complexity index is 373. The fourth-order valence-corrected chi connectivity index (χ4v) is 1.48. The second-order valence-electron chi connectivity index (χ2n) is 3.28. The van der Waals surface area contributed by atoms with Gasteiger partial charge in [-0.3, -0.25) is 14.3 Å². The predicted molar refractivity (Wildman–Crippen MR) is 52.1 cm³/mol. The van der Waals surface area contributed by atoms with Gasteiger partial charge in [-0.25, -0.2) is 0 Å². The Morgan fingerprint density at radius 3 is 2.87 bits per heavy atom. The van der Waals surface area contributed by atoms with Crippen LogP contribution >= 0.6 is 0 Å². The van der Waals surface area contributed by atoms with Gasteiger partial charge in [-0.05, 0) is 6.92 Å². The van der Waals surface area contributed by atoms with Crippen molar-refractivity contribution in [3.8, 4) is 0 Å². The van der Waals surface area contributed by atoms with E-state index < -0.39 is 12.0 Å². The van der Waals surface area contributed by atoms with Gasteiger partial charge in [0.2, 0.25) is 6.41 Å². The van der Waals surface area contributed by atoms with Crippen LogP contribution < -0.4 is 5.32 Å². The molecule has 6 heteroatoms. The number of hydrogen-bond acceptors (Lipinski definition) is 3. The van der Waals surface area contributed by atoms with E-state index in [0.29, 0.717) is 6.41 Å². The minimum Gasteiger partial charge on any atom is -0.481 e. The zero-order valence-corrected chi connectivity index (χ0v) is 8.60. The van der Waals surface area contributed by atoms with Crippen molar-refractivity contribution in [3.63, 3.8) is 0 Å². The monoisotopic (exact) mass is 211 g/mol. The number of aryl methyl sites for hydroxylation is 2. The predicted octanol–water partition coefficient (Wildman–Crippen LogP) is -0.00968. The average molecular weight is 211 g/mol. The third-order valence-electron chi connectivity index (χ3n) is 2.07. The first-order chi connectivity index (χ1) is 7.04. The van der Waals surface area contributed by atoms with Gasteiger partial charge >= 0.3 is 5.97 Å². The van der Waals surface area contributed by atoms with Gasteiger partial charge < -0.3 is 10.4 Å². The molecule has 0 fully saturated rings. The molecule has 82 valence electrons. The number of hydrogen-bond donors (Lipinski definition) is 2. The van der Waals surface area contributed by atoms with Gasteiger partial charge in [0, 0.05) is 18.8 Å². The summed E-state index contributed by atoms with van der Waals surface area (Å²) in [4.78, 5) is 20.9. The lowest BCUT2D eigenvalue weighted by molar-refractivity contribution is -0.137. The lowest BCUT2D eigenvalue weighted by Gasteiger charge is -2.12. The molecule has 1 rings (SSSR count). The van der Waals surface area contributed by atoms with Crippen LogP contribution in [0.1, 0.15) is 23.7 Å². The number of nitrogens with zero attached hydrogens (tertiary/aromatic N) is 2. The molecule has 1 heterocycles. The average Bonchev–Trinajstić information content (AvgIpc) is 2.44. The smallest absolute Gasteiger partial charge is 0.305 e. The van der Waals surface area contributed by atoms with Crippen LogP contribution in [-0.4, -0.2) is 27.3 Å². The number of nitrogens with one attached hydrogen (secondary N) is 1. The molecule has 0 radical (unpaired) electrons. The van der Waals surface area contributed by atoms with Crippen LogP contribution in [-0.2, 0) is 16.6 Å². The maximum atomic E-state index is 10.6. The van der Waals surface area contributed by atoms with Gasteiger partial charge in [-0.2, -0.15) is 5.10 Å². The second kappa shape index (κ2) is 4.59. The molecule has 2 N–H and O–H groups in total. The first-order valence-corrected chi connectivity index (χ1v) is 4.46. The van der Waals surface area contributed by atoms with Crippen molar-refractivity contribution in [3.05, 3.63) is 17.5 Å². The fourth-order valence-electron chi connectivity index (χ4n) is 1.48. The highest BCUT2D eigenvalue weighted by molar-refractivity contribution is 5.68. The Kier molecular flexibility index (Phi) is 3.43. The number of carbonyl (C=O) groups is 2. The van der Waals surface area contributed by atoms with E-state index in [9.17, 15) is 9.59 Å². The van der Waals surface area contributed by atoms with Crippen LogP contribution in [0.4, 0.5) is 0 Å². The van der Waals surface area contributed by atoms with Crippen molar-refractivity contribution < 1.29 is 14.7 Å². The lowest BCUT2D eigenvalue weighted by Crippen LogP contribution is -2.22. The summed E-state index contributed by atoms with van der Waals surface area (Å²) in [6, 6.07) is -0.520. The molecular formula is C9H13N3O3. The molecule has 0 aliphatic rings. The highest BCUT2D eigenvalue weighted by Crippen LogP contribution is 2.18. The molecule has 0 aromatic carbocycles. The van der Waals surface area contributed by atoms with Crippen molar-refractivity contribution >= 4 is 12.4 Å². The Labute approximate surface area is 86.9 Å². The van der Waals surface area contributed by atoms with Crippen molar-refractivity contribution in [1.82, 2.24) is 15.1 Å². The zero-order valence-electron chi connectivity index (χ0n) is 8.60. The zero-order chi connectivity index (χ0) is 11.4. The maximum absolute atomic E-state index is 10.6. The molecule has 6 nitrogen and oxygen atoms in total. The molecule has 1 atom stereocenters. The second-order valence-corrected chi connectivity index (χ2v) is 3.28. The summed E-state index contributed by atoms with van der Waals surface area (Å²) in [7, 11) is 1.75. The Morgan fingerprint density at radius 2 is 2.47 bits per heavy atom. The Hall–Kier alpha value is -1.85. The van der Waals surface area contributed by atoms with E-state index in [2.05, 4.69) is 10.4 Å². The van der Waals surface area contributed by atoms with Crippen LogP contribution in [0.25, 0.3) is 0 Å². The van der Waals surface area contributed by atoms with Crippen molar-refractivity contribution in [2.75, 3.05) is 0 Å². The van der Waals surface area contributed by atoms with Crippen LogP contribution in [0.15, 0.2) is 6.20 Å². The summed E-state index contributed by atoms with van der Waals surface area (Å²) < 4.78 is 1.59. The molecule has 0 aliphatic carbocycles. The molecule has 1 amide bonds. The van der Waals surface area contributed by atoms with E-state index in [1.807, 2.05) is 0 Å². The number of aliphatic carboxylic acids is 1. The largest absolute Gasteiger partial charge is 0.481 e. The molecule has 0 bridgehead atoms. The summed E-state index contributed by atoms with van der Waals surface area (Å²) in [5, 5.41) is 15.2. The third kappa shape index (κ3) is 2.80. The van der Waals surface area contributed by atoms with E-state index in [1.165, 1.54) is 0 Å². The minimum atomic E-state index is -0.961. The van der Waals surface area contributed by atoms with E-state index in [0.717, 1.165) is 11.3 Å². The molecule has 15 heavy (non-hydrogen) atoms. The summed E-state index contributed by atoms with van der Waals surface area (Å²) >= 11 is 0. The van der Waals surface area contributed by atoms with Crippen LogP contribution in [0.5, 0.6) is 0 Å². The molecular weight excluding hydrogens is 198 g/mol. The number of aromatic nitrogens is 2. The minimum absolute atomic E-state index is 0.148. The lowest BCUT2D eigenvalue weighted by atomic mass is 10.1. The third-order valence-corrected chi connectivity index (χ3v) is 2.07. The number of amides is 1. The fraction of sp³-hybridized carbons (Fsp3) is 0.444. The van der Waals surface area contributed by atoms with E-state index in [4.69, 9.17) is 5.11 Å². The normalized spacial score (nSPS) is 12.1. The van der Waals surface area contributed by atoms with Crippen LogP contribution in [0.3, 0.4) is 0 Å². The topological polar surface area (TPSA) is 84.2 Å². The first kappa shape index (κ1) is 11.2. The molecule has 1 aromatic heterocycles. The summed E-state index contributed by atoms with van der Waals surface area (Å²) in [6.45, 7) is 1.77. The van der Waals surface area contributed by atoms with Gasteiger partial charge in [0.15, 0.2) is 0 Å². The first-order valence-electron chi connectivity index (χ1n) is 4.46. The van der Waals surface area contributed by atoms with Crippen molar-refractivity contribution in [1.29, 1.82) is 0 Å². The standard InChI is InChI=1S/C9H13N3O3/c1-6-7(4-12(2)11-6)8(10-5-13)3-9(14)15/h4-5,8H,3H2,1-2H3,(H,10,13)(H,14,15)/t8-/m0/s1. The van der Waals surface area contributed by atoms with Crippen LogP contribution in [0.2, 0.25) is 0 Å². The molecule has 1 aromatic rings. The highest BCUT2D eigenvalue weighted by Gasteiger charge is 2.18. The molecule has 0 aliphatic heterocycles. The summed E-state index contributed by atoms with van der Waals surface area (Å²) in [6.07, 6.45) is 2.06. The van der Waals surface area contributed by atoms with Gasteiger partial charge in [0.25, 0.3) is 0 Å². The van der Waals surface area contributed by atoms with Gasteiger partial charge in [-0.1, -0.05) is 0 Å². The molecule has 0 saturated heterocycles.